The maximum absolute atomic E-state index is 11.5. The molecule has 2 aromatic rings. The molecule has 0 amide bonds. The van der Waals surface area contributed by atoms with Crippen molar-refractivity contribution in [3.8, 4) is 5.75 Å². The van der Waals surface area contributed by atoms with Gasteiger partial charge in [-0.15, -0.1) is 0 Å². The average Bonchev–Trinajstić information content (AvgIpc) is 3.31. The van der Waals surface area contributed by atoms with Gasteiger partial charge in [-0.3, -0.25) is 9.11 Å². The lowest BCUT2D eigenvalue weighted by molar-refractivity contribution is 0.271. The van der Waals surface area contributed by atoms with Gasteiger partial charge in [-0.1, -0.05) is 36.0 Å². The van der Waals surface area contributed by atoms with Crippen LogP contribution in [0.15, 0.2) is 64.5 Å². The van der Waals surface area contributed by atoms with Crippen LogP contribution in [0.25, 0.3) is 0 Å². The standard InChI is InChI=1S/C23H28N2O7S3/c1-16(34(26,27)28)11-13-24-18-7-3-5-9-20(18)32-22(24)15-23-25(14-12-17(2)35(29,30)31)19-8-4-6-10-21(19)33-23/h3-10,15-17,22H,11-14H2,1-2H3,(H,26,27,28)(H,29,30,31). The van der Waals surface area contributed by atoms with Gasteiger partial charge in [0.25, 0.3) is 20.2 Å². The molecule has 2 aromatic carbocycles. The number of rotatable bonds is 9. The summed E-state index contributed by atoms with van der Waals surface area (Å²) in [5.41, 5.74) is 1.76. The predicted molar refractivity (Wildman–Crippen MR) is 137 cm³/mol. The quantitative estimate of drug-likeness (QED) is 0.451. The molecule has 12 heteroatoms. The number of fused-ring (bicyclic) bond motifs is 2. The lowest BCUT2D eigenvalue weighted by Gasteiger charge is -2.27. The van der Waals surface area contributed by atoms with Gasteiger partial charge in [0.1, 0.15) is 5.75 Å². The van der Waals surface area contributed by atoms with Crippen LogP contribution in [0.1, 0.15) is 26.7 Å². The van der Waals surface area contributed by atoms with Gasteiger partial charge in [0.05, 0.1) is 26.9 Å². The fraction of sp³-hybridized carbons (Fsp3) is 0.391. The first-order valence-electron chi connectivity index (χ1n) is 11.2. The summed E-state index contributed by atoms with van der Waals surface area (Å²) in [6.45, 7) is 3.65. The zero-order chi connectivity index (χ0) is 25.4. The Labute approximate surface area is 210 Å². The molecule has 0 bridgehead atoms. The van der Waals surface area contributed by atoms with Crippen molar-refractivity contribution in [3.05, 3.63) is 59.6 Å². The van der Waals surface area contributed by atoms with Crippen LogP contribution in [0.5, 0.6) is 5.75 Å². The molecule has 3 unspecified atom stereocenters. The Morgan fingerprint density at radius 3 is 2.14 bits per heavy atom. The zero-order valence-electron chi connectivity index (χ0n) is 19.3. The molecule has 4 rings (SSSR count). The molecule has 35 heavy (non-hydrogen) atoms. The lowest BCUT2D eigenvalue weighted by atomic mass is 10.2. The number of benzene rings is 2. The summed E-state index contributed by atoms with van der Waals surface area (Å²) >= 11 is 1.53. The van der Waals surface area contributed by atoms with Gasteiger partial charge >= 0.3 is 0 Å². The summed E-state index contributed by atoms with van der Waals surface area (Å²) in [4.78, 5) is 4.97. The van der Waals surface area contributed by atoms with Crippen LogP contribution in [0, 0.1) is 0 Å². The second kappa shape index (κ2) is 10.0. The highest BCUT2D eigenvalue weighted by Gasteiger charge is 2.34. The molecule has 2 heterocycles. The van der Waals surface area contributed by atoms with E-state index in [2.05, 4.69) is 0 Å². The van der Waals surface area contributed by atoms with Crippen LogP contribution in [0.2, 0.25) is 0 Å². The largest absolute Gasteiger partial charge is 0.465 e. The molecule has 0 aliphatic carbocycles. The maximum Gasteiger partial charge on any atom is 0.267 e. The van der Waals surface area contributed by atoms with E-state index < -0.39 is 37.0 Å². The summed E-state index contributed by atoms with van der Waals surface area (Å²) in [6, 6.07) is 15.2. The summed E-state index contributed by atoms with van der Waals surface area (Å²) in [5.74, 6) is 0.668. The molecule has 0 aromatic heterocycles. The van der Waals surface area contributed by atoms with Crippen LogP contribution >= 0.6 is 11.8 Å². The average molecular weight is 541 g/mol. The Hall–Kier alpha value is -2.25. The van der Waals surface area contributed by atoms with E-state index >= 15 is 0 Å². The molecule has 9 nitrogen and oxygen atoms in total. The van der Waals surface area contributed by atoms with Gasteiger partial charge in [0.15, 0.2) is 6.23 Å². The van der Waals surface area contributed by atoms with Gasteiger partial charge in [-0.25, -0.2) is 0 Å². The van der Waals surface area contributed by atoms with Gasteiger partial charge < -0.3 is 14.5 Å². The Bertz CT molecular complexity index is 1330. The van der Waals surface area contributed by atoms with Crippen molar-refractivity contribution in [2.24, 2.45) is 0 Å². The third-order valence-corrected chi connectivity index (χ3v) is 9.84. The van der Waals surface area contributed by atoms with Gasteiger partial charge in [-0.05, 0) is 51.0 Å². The minimum absolute atomic E-state index is 0.207. The number of ether oxygens (including phenoxy) is 1. The van der Waals surface area contributed by atoms with Crippen molar-refractivity contribution in [1.29, 1.82) is 0 Å². The van der Waals surface area contributed by atoms with Crippen LogP contribution in [0.4, 0.5) is 11.4 Å². The van der Waals surface area contributed by atoms with E-state index in [0.29, 0.717) is 18.8 Å². The van der Waals surface area contributed by atoms with Gasteiger partial charge in [-0.2, -0.15) is 16.8 Å². The van der Waals surface area contributed by atoms with Crippen molar-refractivity contribution in [1.82, 2.24) is 0 Å². The molecule has 2 aliphatic rings. The molecule has 0 fully saturated rings. The SMILES string of the molecule is CC(CCN1C(=CC2Oc3ccccc3N2CCC(C)S(=O)(=O)O)Sc2ccccc21)S(=O)(=O)O. The van der Waals surface area contributed by atoms with Crippen LogP contribution in [0.3, 0.4) is 0 Å². The Morgan fingerprint density at radius 2 is 1.49 bits per heavy atom. The van der Waals surface area contributed by atoms with E-state index in [1.807, 2.05) is 64.4 Å². The summed E-state index contributed by atoms with van der Waals surface area (Å²) in [6.07, 6.45) is 1.84. The van der Waals surface area contributed by atoms with E-state index in [9.17, 15) is 25.9 Å². The number of para-hydroxylation sites is 3. The fourth-order valence-electron chi connectivity index (χ4n) is 3.96. The van der Waals surface area contributed by atoms with Crippen LogP contribution in [-0.2, 0) is 20.2 Å². The smallest absolute Gasteiger partial charge is 0.267 e. The molecule has 3 atom stereocenters. The molecule has 190 valence electrons. The maximum atomic E-state index is 11.5. The predicted octanol–water partition coefficient (Wildman–Crippen LogP) is 4.00. The van der Waals surface area contributed by atoms with Crippen molar-refractivity contribution in [2.45, 2.75) is 48.3 Å². The van der Waals surface area contributed by atoms with E-state index in [1.54, 1.807) is 0 Å². The lowest BCUT2D eigenvalue weighted by Crippen LogP contribution is -2.37. The summed E-state index contributed by atoms with van der Waals surface area (Å²) < 4.78 is 71.1. The number of anilines is 2. The number of nitrogens with zero attached hydrogens (tertiary/aromatic N) is 2. The van der Waals surface area contributed by atoms with Gasteiger partial charge in [0, 0.05) is 24.1 Å². The second-order valence-electron chi connectivity index (χ2n) is 8.62. The topological polar surface area (TPSA) is 124 Å². The summed E-state index contributed by atoms with van der Waals surface area (Å²) in [5, 5.41) is -0.988. The third-order valence-electron chi connectivity index (χ3n) is 6.20. The van der Waals surface area contributed by atoms with Crippen molar-refractivity contribution >= 4 is 43.4 Å². The van der Waals surface area contributed by atoms with E-state index in [1.165, 1.54) is 25.6 Å². The molecule has 2 N–H and O–H groups in total. The normalized spacial score (nSPS) is 20.5. The molecular formula is C23H28N2O7S3. The first-order chi connectivity index (χ1) is 16.4. The Kier molecular flexibility index (Phi) is 7.39. The monoisotopic (exact) mass is 540 g/mol. The zero-order valence-corrected chi connectivity index (χ0v) is 21.8. The highest BCUT2D eigenvalue weighted by molar-refractivity contribution is 8.03. The van der Waals surface area contributed by atoms with Crippen molar-refractivity contribution in [2.75, 3.05) is 22.9 Å². The summed E-state index contributed by atoms with van der Waals surface area (Å²) in [7, 11) is -8.29. The molecule has 0 saturated heterocycles. The Balaban J connectivity index is 1.62. The molecule has 0 saturated carbocycles. The van der Waals surface area contributed by atoms with Gasteiger partial charge in [0.2, 0.25) is 0 Å². The van der Waals surface area contributed by atoms with E-state index in [0.717, 1.165) is 21.3 Å². The highest BCUT2D eigenvalue weighted by atomic mass is 32.2. The first kappa shape index (κ1) is 25.8. The first-order valence-corrected chi connectivity index (χ1v) is 15.0. The highest BCUT2D eigenvalue weighted by Crippen LogP contribution is 2.47. The molecular weight excluding hydrogens is 512 g/mol. The van der Waals surface area contributed by atoms with E-state index in [4.69, 9.17) is 4.74 Å². The van der Waals surface area contributed by atoms with Crippen molar-refractivity contribution in [3.63, 3.8) is 0 Å². The van der Waals surface area contributed by atoms with Crippen molar-refractivity contribution < 1.29 is 30.7 Å². The van der Waals surface area contributed by atoms with Crippen LogP contribution < -0.4 is 14.5 Å². The number of hydrogen-bond donors (Lipinski definition) is 2. The fourth-order valence-corrected chi connectivity index (χ4v) is 5.90. The minimum Gasteiger partial charge on any atom is -0.465 e. The van der Waals surface area contributed by atoms with Crippen LogP contribution in [-0.4, -0.2) is 55.8 Å². The molecule has 2 aliphatic heterocycles. The third kappa shape index (κ3) is 5.78. The number of thioether (sulfide) groups is 1. The second-order valence-corrected chi connectivity index (χ2v) is 13.4. The van der Waals surface area contributed by atoms with E-state index in [-0.39, 0.29) is 12.8 Å². The molecule has 0 radical (unpaired) electrons. The number of hydrogen-bond acceptors (Lipinski definition) is 8. The molecule has 0 spiro atoms. The minimum atomic E-state index is -4.15. The Morgan fingerprint density at radius 1 is 0.914 bits per heavy atom.